The lowest BCUT2D eigenvalue weighted by Crippen LogP contribution is -2.00. The van der Waals surface area contributed by atoms with Crippen molar-refractivity contribution in [3.63, 3.8) is 0 Å². The van der Waals surface area contributed by atoms with E-state index < -0.39 is 0 Å². The summed E-state index contributed by atoms with van der Waals surface area (Å²) in [6.45, 7) is 4.20. The van der Waals surface area contributed by atoms with Gasteiger partial charge in [0.05, 0.1) is 0 Å². The van der Waals surface area contributed by atoms with Crippen LogP contribution in [0.1, 0.15) is 16.7 Å². The first kappa shape index (κ1) is 19.6. The largest absolute Gasteiger partial charge is 0.270 e. The number of nitrogens with zero attached hydrogens (tertiary/aromatic N) is 3. The van der Waals surface area contributed by atoms with Crippen LogP contribution in [0.2, 0.25) is 0 Å². The molecule has 5 aromatic rings. The molecule has 0 spiro atoms. The molecule has 0 saturated heterocycles. The van der Waals surface area contributed by atoms with Gasteiger partial charge >= 0.3 is 0 Å². The van der Waals surface area contributed by atoms with E-state index in [1.807, 2.05) is 0 Å². The Morgan fingerprint density at radius 2 is 1.39 bits per heavy atom. The predicted octanol–water partition coefficient (Wildman–Crippen LogP) is 7.00. The van der Waals surface area contributed by atoms with Crippen LogP contribution in [0.4, 0.5) is 0 Å². The summed E-state index contributed by atoms with van der Waals surface area (Å²) in [4.78, 5) is 0. The zero-order chi connectivity index (χ0) is 21.2. The number of aryl methyl sites for hydroxylation is 2. The third-order valence-corrected chi connectivity index (χ3v) is 6.45. The molecule has 4 aromatic carbocycles. The molecule has 0 radical (unpaired) electrons. The lowest BCUT2D eigenvalue weighted by molar-refractivity contribution is 0.885. The minimum atomic E-state index is 0.833. The molecule has 0 saturated carbocycles. The van der Waals surface area contributed by atoms with Gasteiger partial charge in [-0.3, -0.25) is 4.57 Å². The van der Waals surface area contributed by atoms with Gasteiger partial charge in [0, 0.05) is 17.0 Å². The second kappa shape index (κ2) is 8.40. The van der Waals surface area contributed by atoms with Gasteiger partial charge < -0.3 is 0 Å². The Morgan fingerprint density at radius 3 is 2.16 bits per heavy atom. The Hall–Kier alpha value is -3.37. The topological polar surface area (TPSA) is 30.7 Å². The number of fused-ring (bicyclic) bond motifs is 1. The number of benzene rings is 4. The lowest BCUT2D eigenvalue weighted by Gasteiger charge is -2.12. The van der Waals surface area contributed by atoms with Gasteiger partial charge in [0.1, 0.15) is 0 Å². The molecular weight excluding hydrogens is 398 g/mol. The average Bonchev–Trinajstić information content (AvgIpc) is 3.22. The molecule has 0 unspecified atom stereocenters. The molecule has 0 fully saturated rings. The Bertz CT molecular complexity index is 1330. The van der Waals surface area contributed by atoms with E-state index >= 15 is 0 Å². The highest BCUT2D eigenvalue weighted by atomic mass is 32.2. The van der Waals surface area contributed by atoms with Crippen LogP contribution in [0.25, 0.3) is 27.8 Å². The Morgan fingerprint density at radius 1 is 0.710 bits per heavy atom. The van der Waals surface area contributed by atoms with Crippen LogP contribution in [0.5, 0.6) is 0 Å². The van der Waals surface area contributed by atoms with Crippen LogP contribution in [-0.4, -0.2) is 14.8 Å². The molecule has 0 aliphatic carbocycles. The van der Waals surface area contributed by atoms with Crippen molar-refractivity contribution >= 4 is 22.5 Å². The monoisotopic (exact) mass is 421 g/mol. The van der Waals surface area contributed by atoms with Crippen molar-refractivity contribution in [3.8, 4) is 17.1 Å². The molecule has 0 atom stereocenters. The minimum absolute atomic E-state index is 0.833. The van der Waals surface area contributed by atoms with E-state index in [4.69, 9.17) is 0 Å². The smallest absolute Gasteiger partial charge is 0.196 e. The molecule has 0 bridgehead atoms. The van der Waals surface area contributed by atoms with Crippen LogP contribution in [0, 0.1) is 13.8 Å². The molecular formula is C27H23N3S. The fourth-order valence-electron chi connectivity index (χ4n) is 3.74. The molecule has 4 heteroatoms. The Kier molecular flexibility index (Phi) is 5.31. The van der Waals surface area contributed by atoms with E-state index in [1.54, 1.807) is 11.8 Å². The molecule has 0 N–H and O–H groups in total. The maximum atomic E-state index is 4.58. The van der Waals surface area contributed by atoms with Crippen molar-refractivity contribution in [2.24, 2.45) is 0 Å². The van der Waals surface area contributed by atoms with E-state index in [9.17, 15) is 0 Å². The first-order valence-corrected chi connectivity index (χ1v) is 11.4. The van der Waals surface area contributed by atoms with Crippen LogP contribution in [0.3, 0.4) is 0 Å². The Labute approximate surface area is 186 Å². The summed E-state index contributed by atoms with van der Waals surface area (Å²) in [5.74, 6) is 1.70. The van der Waals surface area contributed by atoms with Gasteiger partial charge in [-0.25, -0.2) is 0 Å². The highest BCUT2D eigenvalue weighted by molar-refractivity contribution is 7.98. The second-order valence-electron chi connectivity index (χ2n) is 7.77. The van der Waals surface area contributed by atoms with Gasteiger partial charge in [-0.1, -0.05) is 102 Å². The third kappa shape index (κ3) is 3.99. The maximum absolute atomic E-state index is 4.58. The van der Waals surface area contributed by atoms with Crippen LogP contribution >= 0.6 is 11.8 Å². The summed E-state index contributed by atoms with van der Waals surface area (Å²) in [5, 5.41) is 12.6. The molecule has 31 heavy (non-hydrogen) atoms. The second-order valence-corrected chi connectivity index (χ2v) is 8.71. The Balaban J connectivity index is 1.55. The summed E-state index contributed by atoms with van der Waals surface area (Å²) in [7, 11) is 0. The van der Waals surface area contributed by atoms with Gasteiger partial charge in [-0.15, -0.1) is 10.2 Å². The SMILES string of the molecule is Cc1ccc(-c2nnc(SCc3cccc4ccccc34)n2-c2ccc(C)cc2)cc1. The number of rotatable bonds is 5. The van der Waals surface area contributed by atoms with Gasteiger partial charge in [0.15, 0.2) is 11.0 Å². The quantitative estimate of drug-likeness (QED) is 0.286. The first-order chi connectivity index (χ1) is 15.2. The maximum Gasteiger partial charge on any atom is 0.196 e. The van der Waals surface area contributed by atoms with Crippen molar-refractivity contribution in [2.75, 3.05) is 0 Å². The van der Waals surface area contributed by atoms with E-state index in [-0.39, 0.29) is 0 Å². The van der Waals surface area contributed by atoms with Crippen molar-refractivity contribution in [1.82, 2.24) is 14.8 Å². The number of hydrogen-bond donors (Lipinski definition) is 0. The van der Waals surface area contributed by atoms with Crippen molar-refractivity contribution < 1.29 is 0 Å². The van der Waals surface area contributed by atoms with Crippen LogP contribution < -0.4 is 0 Å². The number of thioether (sulfide) groups is 1. The average molecular weight is 422 g/mol. The van der Waals surface area contributed by atoms with Crippen LogP contribution in [0.15, 0.2) is 96.2 Å². The van der Waals surface area contributed by atoms with E-state index in [2.05, 4.69) is 120 Å². The zero-order valence-corrected chi connectivity index (χ0v) is 18.4. The van der Waals surface area contributed by atoms with E-state index in [0.29, 0.717) is 0 Å². The van der Waals surface area contributed by atoms with Gasteiger partial charge in [-0.2, -0.15) is 0 Å². The molecule has 1 heterocycles. The summed E-state index contributed by atoms with van der Waals surface area (Å²) in [5.41, 5.74) is 5.91. The number of hydrogen-bond acceptors (Lipinski definition) is 3. The molecule has 3 nitrogen and oxygen atoms in total. The molecule has 0 amide bonds. The van der Waals surface area contributed by atoms with Crippen molar-refractivity contribution in [2.45, 2.75) is 24.8 Å². The molecule has 0 aliphatic heterocycles. The molecule has 152 valence electrons. The lowest BCUT2D eigenvalue weighted by atomic mass is 10.1. The molecule has 1 aromatic heterocycles. The predicted molar refractivity (Wildman–Crippen MR) is 130 cm³/mol. The number of aromatic nitrogens is 3. The van der Waals surface area contributed by atoms with Crippen molar-refractivity contribution in [1.29, 1.82) is 0 Å². The third-order valence-electron chi connectivity index (χ3n) is 5.47. The molecule has 0 aliphatic rings. The molecule has 5 rings (SSSR count). The van der Waals surface area contributed by atoms with Crippen LogP contribution in [-0.2, 0) is 5.75 Å². The van der Waals surface area contributed by atoms with Gasteiger partial charge in [0.2, 0.25) is 0 Å². The standard InChI is InChI=1S/C27H23N3S/c1-19-10-14-22(15-11-19)26-28-29-27(30(26)24-16-12-20(2)13-17-24)31-18-23-8-5-7-21-6-3-4-9-25(21)23/h3-17H,18H2,1-2H3. The summed E-state index contributed by atoms with van der Waals surface area (Å²) < 4.78 is 2.17. The summed E-state index contributed by atoms with van der Waals surface area (Å²) >= 11 is 1.72. The highest BCUT2D eigenvalue weighted by Crippen LogP contribution is 2.31. The highest BCUT2D eigenvalue weighted by Gasteiger charge is 2.16. The normalized spacial score (nSPS) is 11.2. The fraction of sp³-hybridized carbons (Fsp3) is 0.111. The van der Waals surface area contributed by atoms with E-state index in [1.165, 1.54) is 27.5 Å². The zero-order valence-electron chi connectivity index (χ0n) is 17.6. The summed E-state index contributed by atoms with van der Waals surface area (Å²) in [6, 6.07) is 32.0. The van der Waals surface area contributed by atoms with Crippen molar-refractivity contribution in [3.05, 3.63) is 108 Å². The van der Waals surface area contributed by atoms with E-state index in [0.717, 1.165) is 28.0 Å². The van der Waals surface area contributed by atoms with Gasteiger partial charge in [0.25, 0.3) is 0 Å². The summed E-state index contributed by atoms with van der Waals surface area (Å²) in [6.07, 6.45) is 0. The fourth-order valence-corrected chi connectivity index (χ4v) is 4.70. The first-order valence-electron chi connectivity index (χ1n) is 10.4. The van der Waals surface area contributed by atoms with Gasteiger partial charge in [-0.05, 0) is 42.3 Å². The minimum Gasteiger partial charge on any atom is -0.270 e.